The van der Waals surface area contributed by atoms with E-state index in [1.807, 2.05) is 0 Å². The first-order chi connectivity index (χ1) is 15.3. The van der Waals surface area contributed by atoms with E-state index >= 15 is 0 Å². The highest BCUT2D eigenvalue weighted by Crippen LogP contribution is 2.52. The normalized spacial score (nSPS) is 32.6. The highest BCUT2D eigenvalue weighted by molar-refractivity contribution is 6.74. The Morgan fingerprint density at radius 1 is 0.853 bits per heavy atom. The SMILES string of the molecule is CC1C(=O)[C@@H]2CC[C@H](O[Si](C)(C)C(C)(C)C)[C@@H](C#C[C@@](C)(O[Si](C)(C)C(C)(C)C)C3CCC3)[C@H]12. The predicted octanol–water partition coefficient (Wildman–Crippen LogP) is 7.82. The highest BCUT2D eigenvalue weighted by Gasteiger charge is 2.56. The van der Waals surface area contributed by atoms with Crippen molar-refractivity contribution in [3.8, 4) is 11.8 Å². The molecule has 194 valence electrons. The lowest BCUT2D eigenvalue weighted by molar-refractivity contribution is -0.151. The lowest BCUT2D eigenvalue weighted by atomic mass is 9.53. The Morgan fingerprint density at radius 3 is 1.88 bits per heavy atom. The number of hydrogen-bond acceptors (Lipinski definition) is 3. The van der Waals surface area contributed by atoms with Gasteiger partial charge in [-0.15, -0.1) is 0 Å². The Labute approximate surface area is 212 Å². The zero-order valence-electron chi connectivity index (χ0n) is 24.2. The maximum absolute atomic E-state index is 12.7. The first kappa shape index (κ1) is 28.2. The minimum absolute atomic E-state index is 0.103. The van der Waals surface area contributed by atoms with E-state index in [2.05, 4.69) is 93.4 Å². The van der Waals surface area contributed by atoms with Crippen LogP contribution in [0.2, 0.25) is 36.3 Å². The van der Waals surface area contributed by atoms with Gasteiger partial charge >= 0.3 is 0 Å². The van der Waals surface area contributed by atoms with Gasteiger partial charge in [0, 0.05) is 17.8 Å². The van der Waals surface area contributed by atoms with Gasteiger partial charge in [0.2, 0.25) is 0 Å². The average molecular weight is 505 g/mol. The summed E-state index contributed by atoms with van der Waals surface area (Å²) in [7, 11) is -3.91. The molecule has 3 nitrogen and oxygen atoms in total. The van der Waals surface area contributed by atoms with Gasteiger partial charge in [-0.1, -0.05) is 66.7 Å². The van der Waals surface area contributed by atoms with Crippen LogP contribution in [0.15, 0.2) is 0 Å². The van der Waals surface area contributed by atoms with Crippen molar-refractivity contribution < 1.29 is 13.6 Å². The van der Waals surface area contributed by atoms with Crippen molar-refractivity contribution in [3.05, 3.63) is 0 Å². The van der Waals surface area contributed by atoms with Gasteiger partial charge in [0.25, 0.3) is 0 Å². The molecule has 3 aliphatic rings. The summed E-state index contributed by atoms with van der Waals surface area (Å²) in [5.41, 5.74) is -0.410. The number of ketones is 1. The van der Waals surface area contributed by atoms with Crippen molar-refractivity contribution in [3.63, 3.8) is 0 Å². The predicted molar refractivity (Wildman–Crippen MR) is 148 cm³/mol. The summed E-state index contributed by atoms with van der Waals surface area (Å²) in [6.45, 7) is 27.6. The molecule has 1 unspecified atom stereocenters. The Bertz CT molecular complexity index is 834. The van der Waals surface area contributed by atoms with E-state index in [0.717, 1.165) is 12.8 Å². The van der Waals surface area contributed by atoms with Gasteiger partial charge < -0.3 is 8.85 Å². The maximum Gasteiger partial charge on any atom is 0.194 e. The summed E-state index contributed by atoms with van der Waals surface area (Å²) in [5, 5.41) is 0.313. The van der Waals surface area contributed by atoms with E-state index < -0.39 is 22.2 Å². The summed E-state index contributed by atoms with van der Waals surface area (Å²) in [4.78, 5) is 12.7. The molecule has 0 heterocycles. The van der Waals surface area contributed by atoms with Gasteiger partial charge in [0.05, 0.1) is 6.10 Å². The molecule has 0 saturated heterocycles. The molecular weight excluding hydrogens is 452 g/mol. The van der Waals surface area contributed by atoms with E-state index in [-0.39, 0.29) is 33.9 Å². The van der Waals surface area contributed by atoms with Crippen LogP contribution in [0.5, 0.6) is 0 Å². The average Bonchev–Trinajstić information content (AvgIpc) is 2.61. The fourth-order valence-corrected chi connectivity index (χ4v) is 8.53. The molecule has 6 atom stereocenters. The van der Waals surface area contributed by atoms with Crippen LogP contribution < -0.4 is 0 Å². The van der Waals surface area contributed by atoms with Crippen LogP contribution in [0, 0.1) is 41.4 Å². The number of hydrogen-bond donors (Lipinski definition) is 0. The smallest absolute Gasteiger partial charge is 0.194 e. The molecule has 3 aliphatic carbocycles. The van der Waals surface area contributed by atoms with Crippen LogP contribution in [0.1, 0.15) is 87.5 Å². The van der Waals surface area contributed by atoms with Crippen molar-refractivity contribution in [2.45, 2.75) is 135 Å². The van der Waals surface area contributed by atoms with Gasteiger partial charge in [-0.3, -0.25) is 4.79 Å². The van der Waals surface area contributed by atoms with Gasteiger partial charge in [-0.2, -0.15) is 0 Å². The lowest BCUT2D eigenvalue weighted by Gasteiger charge is -2.53. The van der Waals surface area contributed by atoms with Gasteiger partial charge in [-0.05, 0) is 80.7 Å². The fraction of sp³-hybridized carbons (Fsp3) is 0.897. The van der Waals surface area contributed by atoms with Crippen molar-refractivity contribution in [1.82, 2.24) is 0 Å². The fourth-order valence-electron chi connectivity index (χ4n) is 5.57. The molecule has 0 aromatic rings. The van der Waals surface area contributed by atoms with Crippen molar-refractivity contribution >= 4 is 22.4 Å². The summed E-state index contributed by atoms with van der Waals surface area (Å²) in [6, 6.07) is 0. The Balaban J connectivity index is 1.96. The number of carbonyl (C=O) groups excluding carboxylic acids is 1. The van der Waals surface area contributed by atoms with Crippen molar-refractivity contribution in [2.24, 2.45) is 29.6 Å². The van der Waals surface area contributed by atoms with Crippen LogP contribution in [0.3, 0.4) is 0 Å². The summed E-state index contributed by atoms with van der Waals surface area (Å²) < 4.78 is 14.1. The second-order valence-electron chi connectivity index (χ2n) is 14.8. The van der Waals surface area contributed by atoms with Gasteiger partial charge in [0.15, 0.2) is 16.6 Å². The minimum atomic E-state index is -1.97. The highest BCUT2D eigenvalue weighted by atomic mass is 28.4. The minimum Gasteiger partial charge on any atom is -0.413 e. The molecule has 0 aromatic heterocycles. The monoisotopic (exact) mass is 504 g/mol. The van der Waals surface area contributed by atoms with Crippen LogP contribution in [-0.2, 0) is 13.6 Å². The molecule has 3 saturated carbocycles. The largest absolute Gasteiger partial charge is 0.413 e. The zero-order valence-corrected chi connectivity index (χ0v) is 26.2. The molecule has 0 bridgehead atoms. The topological polar surface area (TPSA) is 35.5 Å². The summed E-state index contributed by atoms with van der Waals surface area (Å²) in [5.74, 6) is 9.25. The number of carbonyl (C=O) groups is 1. The van der Waals surface area contributed by atoms with Crippen LogP contribution in [-0.4, -0.2) is 34.1 Å². The third-order valence-electron chi connectivity index (χ3n) is 10.3. The first-order valence-electron chi connectivity index (χ1n) is 13.8. The van der Waals surface area contributed by atoms with E-state index in [1.165, 1.54) is 19.3 Å². The van der Waals surface area contributed by atoms with Gasteiger partial charge in [0.1, 0.15) is 11.4 Å². The van der Waals surface area contributed by atoms with E-state index in [9.17, 15) is 4.79 Å². The van der Waals surface area contributed by atoms with E-state index in [1.54, 1.807) is 0 Å². The van der Waals surface area contributed by atoms with Crippen LogP contribution in [0.25, 0.3) is 0 Å². The van der Waals surface area contributed by atoms with Crippen molar-refractivity contribution in [1.29, 1.82) is 0 Å². The Hall–Kier alpha value is -0.416. The molecular formula is C29H52O3Si2. The second-order valence-corrected chi connectivity index (χ2v) is 24.2. The second kappa shape index (κ2) is 9.16. The Kier molecular flexibility index (Phi) is 7.58. The quantitative estimate of drug-likeness (QED) is 0.283. The molecule has 0 aliphatic heterocycles. The zero-order chi connectivity index (χ0) is 25.9. The summed E-state index contributed by atoms with van der Waals surface area (Å²) >= 11 is 0. The number of fused-ring (bicyclic) bond motifs is 1. The Morgan fingerprint density at radius 2 is 1.41 bits per heavy atom. The van der Waals surface area contributed by atoms with Crippen LogP contribution in [0.4, 0.5) is 0 Å². The standard InChI is InChI=1S/C29H52O3Si2/c1-20-25-22(24(17-16-23(25)26(20)30)31-33(9,10)27(2,3)4)18-19-29(8,21-14-13-15-21)32-34(11,12)28(5,6)7/h20-25H,13-17H2,1-12H3/t20?,22-,23-,24+,25+,29-/m1/s1. The first-order valence-corrected chi connectivity index (χ1v) is 19.6. The molecule has 0 aromatic carbocycles. The molecule has 0 amide bonds. The molecule has 0 radical (unpaired) electrons. The van der Waals surface area contributed by atoms with E-state index in [4.69, 9.17) is 8.85 Å². The third-order valence-corrected chi connectivity index (χ3v) is 19.4. The number of rotatable bonds is 5. The molecule has 0 spiro atoms. The summed E-state index contributed by atoms with van der Waals surface area (Å²) in [6.07, 6.45) is 5.73. The van der Waals surface area contributed by atoms with Crippen molar-refractivity contribution in [2.75, 3.05) is 0 Å². The molecule has 3 rings (SSSR count). The third kappa shape index (κ3) is 5.17. The van der Waals surface area contributed by atoms with E-state index in [0.29, 0.717) is 17.6 Å². The van der Waals surface area contributed by atoms with Crippen LogP contribution >= 0.6 is 0 Å². The maximum atomic E-state index is 12.7. The molecule has 5 heteroatoms. The molecule has 3 fully saturated rings. The van der Waals surface area contributed by atoms with Gasteiger partial charge in [-0.25, -0.2) is 0 Å². The number of Topliss-reactive ketones (excluding diaryl/α,β-unsaturated/α-hetero) is 1. The molecule has 0 N–H and O–H groups in total. The molecule has 34 heavy (non-hydrogen) atoms. The lowest BCUT2D eigenvalue weighted by Crippen LogP contribution is -2.58.